The van der Waals surface area contributed by atoms with Gasteiger partial charge in [0.15, 0.2) is 5.84 Å². The number of thiophene rings is 1. The predicted octanol–water partition coefficient (Wildman–Crippen LogP) is 5.68. The largest absolute Gasteiger partial charge is 0.460 e. The molecule has 11 heteroatoms. The normalized spacial score (nSPS) is 15.1. The first-order valence-corrected chi connectivity index (χ1v) is 13.0. The van der Waals surface area contributed by atoms with E-state index in [2.05, 4.69) is 10.1 Å². The van der Waals surface area contributed by atoms with E-state index in [-0.39, 0.29) is 28.2 Å². The van der Waals surface area contributed by atoms with E-state index in [1.807, 2.05) is 32.9 Å². The van der Waals surface area contributed by atoms with Crippen molar-refractivity contribution in [3.05, 3.63) is 81.5 Å². The number of likely N-dealkylation sites (tertiary alicyclic amines) is 1. The molecule has 1 saturated heterocycles. The van der Waals surface area contributed by atoms with E-state index in [4.69, 9.17) is 15.3 Å². The van der Waals surface area contributed by atoms with Crippen LogP contribution in [0.3, 0.4) is 0 Å². The van der Waals surface area contributed by atoms with Crippen molar-refractivity contribution in [2.24, 2.45) is 16.8 Å². The van der Waals surface area contributed by atoms with Crippen molar-refractivity contribution in [2.75, 3.05) is 13.1 Å². The van der Waals surface area contributed by atoms with Crippen molar-refractivity contribution in [1.82, 2.24) is 4.90 Å². The molecule has 1 aliphatic heterocycles. The van der Waals surface area contributed by atoms with Crippen molar-refractivity contribution in [3.8, 4) is 11.1 Å². The van der Waals surface area contributed by atoms with Crippen molar-refractivity contribution in [3.63, 3.8) is 0 Å². The Morgan fingerprint density at radius 2 is 1.69 bits per heavy atom. The van der Waals surface area contributed by atoms with E-state index in [1.54, 1.807) is 30.3 Å². The Morgan fingerprint density at radius 3 is 2.28 bits per heavy atom. The number of alkyl halides is 3. The van der Waals surface area contributed by atoms with Crippen LogP contribution < -0.4 is 5.73 Å². The Morgan fingerprint density at radius 1 is 1.05 bits per heavy atom. The number of carbonyl (C=O) groups is 2. The van der Waals surface area contributed by atoms with Crippen LogP contribution in [0, 0.1) is 5.92 Å². The van der Waals surface area contributed by atoms with Gasteiger partial charge in [-0.3, -0.25) is 9.69 Å². The van der Waals surface area contributed by atoms with Gasteiger partial charge in [0.25, 0.3) is 0 Å². The van der Waals surface area contributed by atoms with Crippen LogP contribution in [0.5, 0.6) is 0 Å². The molecule has 0 spiro atoms. The Labute approximate surface area is 228 Å². The fraction of sp³-hybridized carbons (Fsp3) is 0.321. The van der Waals surface area contributed by atoms with E-state index in [9.17, 15) is 22.8 Å². The van der Waals surface area contributed by atoms with Crippen molar-refractivity contribution >= 4 is 29.1 Å². The molecular formula is C28H28F3N3O4S. The van der Waals surface area contributed by atoms with Gasteiger partial charge in [0.1, 0.15) is 15.4 Å². The second-order valence-corrected chi connectivity index (χ2v) is 11.2. The van der Waals surface area contributed by atoms with Crippen LogP contribution in [-0.4, -0.2) is 41.4 Å². The van der Waals surface area contributed by atoms with Gasteiger partial charge in [0.2, 0.25) is 0 Å². The van der Waals surface area contributed by atoms with Crippen molar-refractivity contribution in [1.29, 1.82) is 0 Å². The van der Waals surface area contributed by atoms with Gasteiger partial charge < -0.3 is 15.3 Å². The number of hydrogen-bond donors (Lipinski definition) is 1. The first-order chi connectivity index (χ1) is 18.3. The van der Waals surface area contributed by atoms with Gasteiger partial charge in [0, 0.05) is 30.8 Å². The minimum Gasteiger partial charge on any atom is -0.460 e. The van der Waals surface area contributed by atoms with Crippen LogP contribution in [0.15, 0.2) is 65.8 Å². The summed E-state index contributed by atoms with van der Waals surface area (Å²) in [5.74, 6) is -1.47. The number of rotatable bonds is 7. The van der Waals surface area contributed by atoms with Gasteiger partial charge in [-0.15, -0.1) is 11.3 Å². The highest BCUT2D eigenvalue weighted by Gasteiger charge is 2.38. The molecule has 2 N–H and O–H groups in total. The first-order valence-electron chi connectivity index (χ1n) is 12.2. The number of nitrogens with zero attached hydrogens (tertiary/aromatic N) is 2. The van der Waals surface area contributed by atoms with Gasteiger partial charge in [0.05, 0.1) is 5.92 Å². The second kappa shape index (κ2) is 11.2. The highest BCUT2D eigenvalue weighted by atomic mass is 32.1. The number of halogens is 3. The average Bonchev–Trinajstić information content (AvgIpc) is 3.30. The van der Waals surface area contributed by atoms with Crippen LogP contribution in [0.25, 0.3) is 11.1 Å². The van der Waals surface area contributed by atoms with Crippen molar-refractivity contribution in [2.45, 2.75) is 39.1 Å². The molecule has 206 valence electrons. The molecule has 0 saturated carbocycles. The third-order valence-corrected chi connectivity index (χ3v) is 7.02. The lowest BCUT2D eigenvalue weighted by atomic mass is 9.98. The number of benzene rings is 2. The maximum atomic E-state index is 13.6. The zero-order valence-electron chi connectivity index (χ0n) is 21.6. The Balaban J connectivity index is 1.35. The summed E-state index contributed by atoms with van der Waals surface area (Å²) < 4.78 is 46.2. The van der Waals surface area contributed by atoms with Gasteiger partial charge in [-0.1, -0.05) is 59.8 Å². The number of hydrogen-bond acceptors (Lipinski definition) is 7. The van der Waals surface area contributed by atoms with Crippen LogP contribution in [0.4, 0.5) is 13.2 Å². The molecule has 1 aliphatic rings. The second-order valence-electron chi connectivity index (χ2n) is 10.2. The lowest BCUT2D eigenvalue weighted by Gasteiger charge is -2.38. The number of amidine groups is 1. The highest BCUT2D eigenvalue weighted by Crippen LogP contribution is 2.43. The SMILES string of the molecule is CC(C)(C)OC(=O)C1CN(Cc2ccc(/C(N)=N\OC(=O)c3cc(-c4ccccc4)c(C(F)(F)F)s3)cc2)C1. The summed E-state index contributed by atoms with van der Waals surface area (Å²) in [5.41, 5.74) is 7.13. The Bertz CT molecular complexity index is 1360. The fourth-order valence-corrected chi connectivity index (χ4v) is 4.91. The quantitative estimate of drug-likeness (QED) is 0.132. The summed E-state index contributed by atoms with van der Waals surface area (Å²) in [4.78, 5) is 30.5. The minimum absolute atomic E-state index is 0.0975. The molecule has 1 aromatic heterocycles. The molecule has 1 fully saturated rings. The molecule has 0 radical (unpaired) electrons. The van der Waals surface area contributed by atoms with Crippen molar-refractivity contribution < 1.29 is 32.3 Å². The van der Waals surface area contributed by atoms with E-state index < -0.39 is 22.6 Å². The summed E-state index contributed by atoms with van der Waals surface area (Å²) in [7, 11) is 0. The maximum Gasteiger partial charge on any atom is 0.426 e. The molecule has 0 unspecified atom stereocenters. The molecule has 0 aliphatic carbocycles. The van der Waals surface area contributed by atoms with Gasteiger partial charge >= 0.3 is 18.1 Å². The molecule has 2 heterocycles. The molecule has 39 heavy (non-hydrogen) atoms. The molecule has 0 bridgehead atoms. The molecule has 0 atom stereocenters. The molecule has 3 aromatic rings. The number of carbonyl (C=O) groups excluding carboxylic acids is 2. The summed E-state index contributed by atoms with van der Waals surface area (Å²) >= 11 is 0.293. The summed E-state index contributed by atoms with van der Waals surface area (Å²) in [6.07, 6.45) is -4.63. The third-order valence-electron chi connectivity index (χ3n) is 5.86. The molecule has 4 rings (SSSR count). The van der Waals surface area contributed by atoms with Gasteiger partial charge in [-0.2, -0.15) is 13.2 Å². The summed E-state index contributed by atoms with van der Waals surface area (Å²) in [5, 5.41) is 3.63. The van der Waals surface area contributed by atoms with Crippen LogP contribution in [0.1, 0.15) is 46.4 Å². The molecule has 0 amide bonds. The molecule has 7 nitrogen and oxygen atoms in total. The minimum atomic E-state index is -4.63. The number of esters is 1. The van der Waals surface area contributed by atoms with E-state index in [0.29, 0.717) is 42.1 Å². The van der Waals surface area contributed by atoms with E-state index >= 15 is 0 Å². The zero-order valence-corrected chi connectivity index (χ0v) is 22.4. The monoisotopic (exact) mass is 559 g/mol. The number of ether oxygens (including phenoxy) is 1. The zero-order chi connectivity index (χ0) is 28.4. The van der Waals surface area contributed by atoms with Crippen LogP contribution in [0.2, 0.25) is 0 Å². The molecule has 2 aromatic carbocycles. The summed E-state index contributed by atoms with van der Waals surface area (Å²) in [6.45, 7) is 7.38. The number of nitrogens with two attached hydrogens (primary N) is 1. The summed E-state index contributed by atoms with van der Waals surface area (Å²) in [6, 6.07) is 16.2. The predicted molar refractivity (Wildman–Crippen MR) is 142 cm³/mol. The lowest BCUT2D eigenvalue weighted by molar-refractivity contribution is -0.166. The number of oxime groups is 1. The molecular weight excluding hydrogens is 531 g/mol. The van der Waals surface area contributed by atoms with Gasteiger partial charge in [-0.25, -0.2) is 4.79 Å². The van der Waals surface area contributed by atoms with E-state index in [1.165, 1.54) is 12.1 Å². The maximum absolute atomic E-state index is 13.6. The third kappa shape index (κ3) is 7.24. The average molecular weight is 560 g/mol. The van der Waals surface area contributed by atoms with Crippen LogP contribution >= 0.6 is 11.3 Å². The standard InChI is InChI=1S/C28H28F3N3O4S/c1-27(2,3)37-25(35)20-15-34(16-20)14-17-9-11-19(12-10-17)24(32)33-38-26(36)22-13-21(18-7-5-4-6-8-18)23(39-22)28(29,30)31/h4-13,20H,14-16H2,1-3H3,(H2,32,33). The van der Waals surface area contributed by atoms with Gasteiger partial charge in [-0.05, 0) is 38.0 Å². The first kappa shape index (κ1) is 28.3. The smallest absolute Gasteiger partial charge is 0.426 e. The Kier molecular flexibility index (Phi) is 8.12. The fourth-order valence-electron chi connectivity index (χ4n) is 3.99. The Hall–Kier alpha value is -3.70. The highest BCUT2D eigenvalue weighted by molar-refractivity contribution is 7.14. The lowest BCUT2D eigenvalue weighted by Crippen LogP contribution is -2.51. The van der Waals surface area contributed by atoms with E-state index in [0.717, 1.165) is 11.6 Å². The van der Waals surface area contributed by atoms with Crippen LogP contribution in [-0.2, 0) is 27.1 Å². The topological polar surface area (TPSA) is 94.2 Å².